The molecule has 210 valence electrons. The molecule has 0 radical (unpaired) electrons. The van der Waals surface area contributed by atoms with E-state index in [4.69, 9.17) is 0 Å². The van der Waals surface area contributed by atoms with E-state index < -0.39 is 6.04 Å². The Labute approximate surface area is 236 Å². The van der Waals surface area contributed by atoms with E-state index >= 15 is 0 Å². The second-order valence-electron chi connectivity index (χ2n) is 11.5. The fourth-order valence-corrected chi connectivity index (χ4v) is 6.13. The molecule has 9 nitrogen and oxygen atoms in total. The van der Waals surface area contributed by atoms with Crippen LogP contribution in [0.5, 0.6) is 0 Å². The number of hydrogen-bond acceptors (Lipinski definition) is 6. The van der Waals surface area contributed by atoms with Crippen molar-refractivity contribution in [3.8, 4) is 11.1 Å². The molecule has 3 atom stereocenters. The summed E-state index contributed by atoms with van der Waals surface area (Å²) in [6.45, 7) is 7.36. The predicted molar refractivity (Wildman–Crippen MR) is 150 cm³/mol. The van der Waals surface area contributed by atoms with Gasteiger partial charge < -0.3 is 10.2 Å². The summed E-state index contributed by atoms with van der Waals surface area (Å²) >= 11 is 0. The number of hydrogen-bond donors (Lipinski definition) is 1. The Morgan fingerprint density at radius 3 is 2.54 bits per heavy atom. The Morgan fingerprint density at radius 1 is 1.07 bits per heavy atom. The number of rotatable bonds is 7. The minimum atomic E-state index is -0.622. The van der Waals surface area contributed by atoms with Crippen LogP contribution in [0.4, 0.5) is 4.39 Å². The first-order valence-electron chi connectivity index (χ1n) is 13.7. The number of nitrogens with one attached hydrogen (secondary N) is 1. The zero-order valence-electron chi connectivity index (χ0n) is 23.4. The van der Waals surface area contributed by atoms with Crippen molar-refractivity contribution in [3.05, 3.63) is 77.3 Å². The highest BCUT2D eigenvalue weighted by Gasteiger charge is 2.64. The third kappa shape index (κ3) is 4.87. The molecule has 6 rings (SSSR count). The molecular formula is C31H31FN6O3. The largest absolute Gasteiger partial charge is 0.350 e. The van der Waals surface area contributed by atoms with E-state index in [1.54, 1.807) is 34.1 Å². The van der Waals surface area contributed by atoms with Crippen molar-refractivity contribution in [2.45, 2.75) is 65.7 Å². The smallest absolute Gasteiger partial charge is 0.245 e. The van der Waals surface area contributed by atoms with Crippen molar-refractivity contribution in [1.29, 1.82) is 0 Å². The number of amides is 2. The number of likely N-dealkylation sites (tertiary alicyclic amines) is 1. The van der Waals surface area contributed by atoms with Gasteiger partial charge in [-0.3, -0.25) is 19.1 Å². The molecule has 1 aliphatic heterocycles. The van der Waals surface area contributed by atoms with Gasteiger partial charge in [-0.25, -0.2) is 14.4 Å². The van der Waals surface area contributed by atoms with E-state index in [0.717, 1.165) is 23.1 Å². The van der Waals surface area contributed by atoms with Crippen LogP contribution in [0.3, 0.4) is 0 Å². The molecule has 0 bridgehead atoms. The number of Topliss-reactive ketones (excluding diaryl/α,β-unsaturated/α-hetero) is 1. The van der Waals surface area contributed by atoms with Gasteiger partial charge in [0.05, 0.1) is 5.52 Å². The number of fused-ring (bicyclic) bond motifs is 2. The molecule has 4 aromatic rings. The Hall–Kier alpha value is -4.47. The number of carbonyl (C=O) groups is 3. The van der Waals surface area contributed by atoms with Crippen LogP contribution in [0.2, 0.25) is 0 Å². The molecule has 10 heteroatoms. The first kappa shape index (κ1) is 26.7. The Morgan fingerprint density at radius 2 is 1.83 bits per heavy atom. The summed E-state index contributed by atoms with van der Waals surface area (Å²) in [5, 5.41) is 8.11. The molecule has 0 unspecified atom stereocenters. The number of carbonyl (C=O) groups excluding carboxylic acids is 3. The molecule has 2 fully saturated rings. The normalized spacial score (nSPS) is 21.1. The summed E-state index contributed by atoms with van der Waals surface area (Å²) in [6, 6.07) is 9.29. The van der Waals surface area contributed by atoms with Gasteiger partial charge in [0.2, 0.25) is 11.8 Å². The van der Waals surface area contributed by atoms with Crippen LogP contribution >= 0.6 is 0 Å². The van der Waals surface area contributed by atoms with Gasteiger partial charge in [-0.1, -0.05) is 19.1 Å². The van der Waals surface area contributed by atoms with Gasteiger partial charge in [0, 0.05) is 42.9 Å². The van der Waals surface area contributed by atoms with Gasteiger partial charge in [-0.15, -0.1) is 0 Å². The van der Waals surface area contributed by atoms with Crippen LogP contribution in [0.1, 0.15) is 54.1 Å². The van der Waals surface area contributed by atoms with E-state index in [9.17, 15) is 18.8 Å². The summed E-state index contributed by atoms with van der Waals surface area (Å²) in [5.74, 6) is -0.390. The fourth-order valence-electron chi connectivity index (χ4n) is 6.13. The lowest BCUT2D eigenvalue weighted by Gasteiger charge is -2.27. The number of aryl methyl sites for hydroxylation is 2. The lowest BCUT2D eigenvalue weighted by atomic mass is 10.0. The summed E-state index contributed by atoms with van der Waals surface area (Å²) in [6.07, 6.45) is 4.89. The maximum atomic E-state index is 13.8. The SMILES string of the molecule is CC(=O)c1nn(CC(=O)N2[C@H](C(=O)NCc3cccc(F)c3)C[C@@]3(C)C[C@@H]23)c2c(C)cc(-c3cnc(C)nc3)cc12. The van der Waals surface area contributed by atoms with E-state index in [0.29, 0.717) is 28.7 Å². The van der Waals surface area contributed by atoms with Crippen LogP contribution in [0, 0.1) is 25.1 Å². The molecule has 1 saturated carbocycles. The third-order valence-corrected chi connectivity index (χ3v) is 8.35. The number of ketones is 1. The third-order valence-electron chi connectivity index (χ3n) is 8.35. The van der Waals surface area contributed by atoms with Gasteiger partial charge in [0.25, 0.3) is 0 Å². The Balaban J connectivity index is 1.28. The molecular weight excluding hydrogens is 523 g/mol. The van der Waals surface area contributed by atoms with Crippen molar-refractivity contribution in [2.75, 3.05) is 0 Å². The predicted octanol–water partition coefficient (Wildman–Crippen LogP) is 4.15. The molecule has 41 heavy (non-hydrogen) atoms. The lowest BCUT2D eigenvalue weighted by Crippen LogP contribution is -2.48. The quantitative estimate of drug-likeness (QED) is 0.344. The van der Waals surface area contributed by atoms with Gasteiger partial charge >= 0.3 is 0 Å². The topological polar surface area (TPSA) is 110 Å². The molecule has 2 aromatic carbocycles. The Bertz CT molecular complexity index is 1720. The maximum Gasteiger partial charge on any atom is 0.245 e. The van der Waals surface area contributed by atoms with Gasteiger partial charge in [0.15, 0.2) is 5.78 Å². The molecule has 2 amide bonds. The number of aromatic nitrogens is 4. The minimum absolute atomic E-state index is 0.0248. The summed E-state index contributed by atoms with van der Waals surface area (Å²) < 4.78 is 15.2. The molecule has 1 aliphatic carbocycles. The Kier molecular flexibility index (Phi) is 6.43. The van der Waals surface area contributed by atoms with Crippen LogP contribution in [-0.4, -0.2) is 54.3 Å². The zero-order chi connectivity index (χ0) is 29.1. The zero-order valence-corrected chi connectivity index (χ0v) is 23.4. The molecule has 2 aliphatic rings. The molecule has 2 aromatic heterocycles. The maximum absolute atomic E-state index is 13.8. The number of nitrogens with zero attached hydrogens (tertiary/aromatic N) is 5. The van der Waals surface area contributed by atoms with Gasteiger partial charge in [0.1, 0.15) is 29.9 Å². The number of halogens is 1. The highest BCUT2D eigenvalue weighted by atomic mass is 19.1. The fraction of sp³-hybridized carbons (Fsp3) is 0.355. The summed E-state index contributed by atoms with van der Waals surface area (Å²) in [5.41, 5.74) is 4.06. The van der Waals surface area contributed by atoms with Crippen molar-refractivity contribution < 1.29 is 18.8 Å². The second-order valence-corrected chi connectivity index (χ2v) is 11.5. The van der Waals surface area contributed by atoms with Crippen molar-refractivity contribution in [1.82, 2.24) is 30.0 Å². The highest BCUT2D eigenvalue weighted by Crippen LogP contribution is 2.59. The van der Waals surface area contributed by atoms with Crippen molar-refractivity contribution >= 4 is 28.5 Å². The average Bonchev–Trinajstić information content (AvgIpc) is 3.28. The summed E-state index contributed by atoms with van der Waals surface area (Å²) in [4.78, 5) is 49.9. The molecule has 3 heterocycles. The number of benzene rings is 2. The van der Waals surface area contributed by atoms with Crippen LogP contribution in [0.15, 0.2) is 48.8 Å². The van der Waals surface area contributed by atoms with Crippen LogP contribution < -0.4 is 5.32 Å². The van der Waals surface area contributed by atoms with Gasteiger partial charge in [-0.2, -0.15) is 5.10 Å². The van der Waals surface area contributed by atoms with Gasteiger partial charge in [-0.05, 0) is 73.1 Å². The molecule has 0 spiro atoms. The van der Waals surface area contributed by atoms with Crippen LogP contribution in [0.25, 0.3) is 22.0 Å². The van der Waals surface area contributed by atoms with E-state index in [2.05, 4.69) is 27.3 Å². The van der Waals surface area contributed by atoms with Crippen molar-refractivity contribution in [2.24, 2.45) is 5.41 Å². The van der Waals surface area contributed by atoms with E-state index in [1.165, 1.54) is 19.1 Å². The van der Waals surface area contributed by atoms with E-state index in [-0.39, 0.29) is 53.7 Å². The lowest BCUT2D eigenvalue weighted by molar-refractivity contribution is -0.140. The standard InChI is InChI=1S/C31H31FN6O3/c1-17-8-21(22-14-33-19(3)34-15-22)10-24-28(18(2)39)36-37(29(17)24)16-27(40)38-25(11-31(4)12-26(31)38)30(41)35-13-20-6-5-7-23(32)9-20/h5-10,14-15,25-26H,11-13,16H2,1-4H3,(H,35,41)/t25-,26+,31-/m0/s1. The monoisotopic (exact) mass is 554 g/mol. The first-order chi connectivity index (χ1) is 19.5. The molecule has 1 saturated heterocycles. The molecule has 1 N–H and O–H groups in total. The second kappa shape index (κ2) is 9.87. The first-order valence-corrected chi connectivity index (χ1v) is 13.7. The number of piperidine rings is 1. The van der Waals surface area contributed by atoms with E-state index in [1.807, 2.05) is 26.0 Å². The highest BCUT2D eigenvalue weighted by molar-refractivity contribution is 6.07. The average molecular weight is 555 g/mol. The van der Waals surface area contributed by atoms with Crippen LogP contribution in [-0.2, 0) is 22.7 Å². The summed E-state index contributed by atoms with van der Waals surface area (Å²) in [7, 11) is 0. The van der Waals surface area contributed by atoms with Crippen molar-refractivity contribution in [3.63, 3.8) is 0 Å². The minimum Gasteiger partial charge on any atom is -0.350 e.